The molecule has 16 heavy (non-hydrogen) atoms. The van der Waals surface area contributed by atoms with Crippen LogP contribution in [0.3, 0.4) is 0 Å². The molecule has 0 spiro atoms. The Balaban J connectivity index is 2.46. The maximum Gasteiger partial charge on any atom is 0.333 e. The molecule has 0 atom stereocenters. The molecule has 0 N–H and O–H groups in total. The van der Waals surface area contributed by atoms with Crippen molar-refractivity contribution in [2.24, 2.45) is 7.05 Å². The van der Waals surface area contributed by atoms with Gasteiger partial charge in [-0.05, 0) is 13.3 Å². The van der Waals surface area contributed by atoms with E-state index in [9.17, 15) is 10.1 Å². The Morgan fingerprint density at radius 1 is 1.50 bits per heavy atom. The van der Waals surface area contributed by atoms with Crippen LogP contribution in [0.25, 0.3) is 0 Å². The Kier molecular flexibility index (Phi) is 2.64. The number of hydrogen-bond donors (Lipinski definition) is 0. The van der Waals surface area contributed by atoms with Crippen LogP contribution in [0.1, 0.15) is 12.1 Å². The van der Waals surface area contributed by atoms with Crippen molar-refractivity contribution in [1.29, 1.82) is 0 Å². The Hall–Kier alpha value is -1.85. The third-order valence-corrected chi connectivity index (χ3v) is 2.70. The largest absolute Gasteiger partial charge is 0.347 e. The van der Waals surface area contributed by atoms with E-state index in [4.69, 9.17) is 0 Å². The van der Waals surface area contributed by atoms with Gasteiger partial charge in [-0.2, -0.15) is 5.10 Å². The Labute approximate surface area is 93.3 Å². The monoisotopic (exact) mass is 222 g/mol. The van der Waals surface area contributed by atoms with Crippen molar-refractivity contribution in [2.75, 3.05) is 18.0 Å². The Bertz CT molecular complexity index is 450. The number of anilines is 1. The zero-order chi connectivity index (χ0) is 11.7. The number of nitrogens with zero attached hydrogens (tertiary/aromatic N) is 4. The maximum atomic E-state index is 11.0. The molecule has 1 aromatic rings. The molecule has 0 radical (unpaired) electrons. The molecule has 1 aromatic heterocycles. The van der Waals surface area contributed by atoms with Crippen molar-refractivity contribution in [3.05, 3.63) is 28.0 Å². The highest BCUT2D eigenvalue weighted by Gasteiger charge is 2.28. The minimum absolute atomic E-state index is 0.123. The molecule has 0 amide bonds. The molecule has 1 aliphatic heterocycles. The zero-order valence-corrected chi connectivity index (χ0v) is 9.38. The van der Waals surface area contributed by atoms with Gasteiger partial charge in [-0.1, -0.05) is 12.2 Å². The third kappa shape index (κ3) is 1.66. The average Bonchev–Trinajstić information content (AvgIpc) is 2.55. The van der Waals surface area contributed by atoms with Crippen molar-refractivity contribution in [2.45, 2.75) is 13.3 Å². The lowest BCUT2D eigenvalue weighted by Crippen LogP contribution is -2.29. The van der Waals surface area contributed by atoms with Gasteiger partial charge < -0.3 is 4.90 Å². The van der Waals surface area contributed by atoms with Crippen LogP contribution in [0.15, 0.2) is 12.2 Å². The fourth-order valence-corrected chi connectivity index (χ4v) is 2.04. The van der Waals surface area contributed by atoms with Gasteiger partial charge >= 0.3 is 5.69 Å². The summed E-state index contributed by atoms with van der Waals surface area (Å²) in [5.41, 5.74) is 0.592. The highest BCUT2D eigenvalue weighted by molar-refractivity contribution is 5.61. The van der Waals surface area contributed by atoms with Crippen molar-refractivity contribution in [1.82, 2.24) is 9.78 Å². The molecule has 2 heterocycles. The van der Waals surface area contributed by atoms with E-state index in [0.717, 1.165) is 13.0 Å². The van der Waals surface area contributed by atoms with Crippen LogP contribution in [0, 0.1) is 17.0 Å². The van der Waals surface area contributed by atoms with E-state index < -0.39 is 0 Å². The van der Waals surface area contributed by atoms with Gasteiger partial charge in [0.15, 0.2) is 0 Å². The molecule has 6 nitrogen and oxygen atoms in total. The number of aryl methyl sites for hydroxylation is 2. The summed E-state index contributed by atoms with van der Waals surface area (Å²) in [6.07, 6.45) is 5.03. The van der Waals surface area contributed by atoms with E-state index in [0.29, 0.717) is 18.1 Å². The van der Waals surface area contributed by atoms with Gasteiger partial charge in [-0.25, -0.2) is 4.68 Å². The standard InChI is InChI=1S/C10H14N4O2/c1-8-9(14(15)16)10(12(2)11-8)13-6-4-3-5-7-13/h3-4H,5-7H2,1-2H3. The minimum atomic E-state index is -0.351. The lowest BCUT2D eigenvalue weighted by atomic mass is 10.2. The van der Waals surface area contributed by atoms with E-state index in [-0.39, 0.29) is 10.6 Å². The molecule has 6 heteroatoms. The molecule has 0 saturated carbocycles. The van der Waals surface area contributed by atoms with Crippen LogP contribution in [-0.4, -0.2) is 27.8 Å². The fraction of sp³-hybridized carbons (Fsp3) is 0.500. The van der Waals surface area contributed by atoms with Gasteiger partial charge in [0, 0.05) is 20.1 Å². The van der Waals surface area contributed by atoms with E-state index in [1.165, 1.54) is 0 Å². The first kappa shape index (κ1) is 10.7. The summed E-state index contributed by atoms with van der Waals surface area (Å²) < 4.78 is 1.59. The van der Waals surface area contributed by atoms with Crippen molar-refractivity contribution >= 4 is 11.5 Å². The van der Waals surface area contributed by atoms with E-state index in [1.807, 2.05) is 11.0 Å². The van der Waals surface area contributed by atoms with E-state index in [1.54, 1.807) is 18.7 Å². The van der Waals surface area contributed by atoms with Gasteiger partial charge in [-0.15, -0.1) is 0 Å². The molecule has 0 bridgehead atoms. The summed E-state index contributed by atoms with van der Waals surface area (Å²) in [7, 11) is 1.74. The number of rotatable bonds is 2. The normalized spacial score (nSPS) is 15.5. The van der Waals surface area contributed by atoms with Crippen LogP contribution in [0.4, 0.5) is 11.5 Å². The second kappa shape index (κ2) is 3.96. The minimum Gasteiger partial charge on any atom is -0.347 e. The second-order valence-corrected chi connectivity index (χ2v) is 3.84. The van der Waals surface area contributed by atoms with Crippen molar-refractivity contribution in [3.8, 4) is 0 Å². The van der Waals surface area contributed by atoms with Gasteiger partial charge in [0.25, 0.3) is 0 Å². The van der Waals surface area contributed by atoms with Crippen molar-refractivity contribution in [3.63, 3.8) is 0 Å². The number of hydrogen-bond acceptors (Lipinski definition) is 4. The molecule has 1 aliphatic rings. The molecule has 0 unspecified atom stereocenters. The molecular formula is C10H14N4O2. The maximum absolute atomic E-state index is 11.0. The van der Waals surface area contributed by atoms with E-state index in [2.05, 4.69) is 11.2 Å². The molecule has 0 fully saturated rings. The lowest BCUT2D eigenvalue weighted by Gasteiger charge is -2.24. The molecule has 2 rings (SSSR count). The molecular weight excluding hydrogens is 208 g/mol. The molecule has 0 aliphatic carbocycles. The van der Waals surface area contributed by atoms with Crippen LogP contribution in [-0.2, 0) is 7.05 Å². The molecule has 86 valence electrons. The average molecular weight is 222 g/mol. The quantitative estimate of drug-likeness (QED) is 0.431. The smallest absolute Gasteiger partial charge is 0.333 e. The Morgan fingerprint density at radius 3 is 2.81 bits per heavy atom. The fourth-order valence-electron chi connectivity index (χ4n) is 2.04. The summed E-state index contributed by atoms with van der Waals surface area (Å²) in [6, 6.07) is 0. The lowest BCUT2D eigenvalue weighted by molar-refractivity contribution is -0.384. The van der Waals surface area contributed by atoms with Crippen LogP contribution in [0.5, 0.6) is 0 Å². The molecule has 0 saturated heterocycles. The number of nitro groups is 1. The Morgan fingerprint density at radius 2 is 2.25 bits per heavy atom. The highest BCUT2D eigenvalue weighted by atomic mass is 16.6. The summed E-state index contributed by atoms with van der Waals surface area (Å²) in [5, 5.41) is 15.1. The first-order valence-corrected chi connectivity index (χ1v) is 5.19. The van der Waals surface area contributed by atoms with Gasteiger partial charge in [-0.3, -0.25) is 10.1 Å². The second-order valence-electron chi connectivity index (χ2n) is 3.84. The SMILES string of the molecule is Cc1nn(C)c(N2CC=CCC2)c1[N+](=O)[O-]. The van der Waals surface area contributed by atoms with Crippen LogP contribution < -0.4 is 4.90 Å². The number of aromatic nitrogens is 2. The zero-order valence-electron chi connectivity index (χ0n) is 9.38. The van der Waals surface area contributed by atoms with E-state index >= 15 is 0 Å². The van der Waals surface area contributed by atoms with Crippen LogP contribution in [0.2, 0.25) is 0 Å². The van der Waals surface area contributed by atoms with Crippen LogP contribution >= 0.6 is 0 Å². The summed E-state index contributed by atoms with van der Waals surface area (Å²) in [4.78, 5) is 12.6. The van der Waals surface area contributed by atoms with Crippen molar-refractivity contribution < 1.29 is 4.92 Å². The topological polar surface area (TPSA) is 64.2 Å². The first-order chi connectivity index (χ1) is 7.61. The predicted octanol–water partition coefficient (Wildman–Crippen LogP) is 1.40. The predicted molar refractivity (Wildman–Crippen MR) is 60.6 cm³/mol. The molecule has 0 aromatic carbocycles. The first-order valence-electron chi connectivity index (χ1n) is 5.19. The van der Waals surface area contributed by atoms with Gasteiger partial charge in [0.2, 0.25) is 5.82 Å². The summed E-state index contributed by atoms with van der Waals surface area (Å²) in [6.45, 7) is 3.18. The highest BCUT2D eigenvalue weighted by Crippen LogP contribution is 2.31. The third-order valence-electron chi connectivity index (χ3n) is 2.70. The van der Waals surface area contributed by atoms with Gasteiger partial charge in [0.05, 0.1) is 4.92 Å². The van der Waals surface area contributed by atoms with Gasteiger partial charge in [0.1, 0.15) is 5.69 Å². The summed E-state index contributed by atoms with van der Waals surface area (Å²) >= 11 is 0. The summed E-state index contributed by atoms with van der Waals surface area (Å²) in [5.74, 6) is 0.604.